The molecule has 0 bridgehead atoms. The number of ether oxygens (including phenoxy) is 2. The van der Waals surface area contributed by atoms with Gasteiger partial charge in [0, 0.05) is 44.5 Å². The van der Waals surface area contributed by atoms with Crippen molar-refractivity contribution in [2.45, 2.75) is 6.10 Å². The quantitative estimate of drug-likeness (QED) is 0.611. The molecule has 2 aromatic rings. The van der Waals surface area contributed by atoms with Crippen LogP contribution >= 0.6 is 37.2 Å². The highest BCUT2D eigenvalue weighted by Crippen LogP contribution is 2.28. The summed E-state index contributed by atoms with van der Waals surface area (Å²) in [7, 11) is 1.70. The lowest BCUT2D eigenvalue weighted by atomic mass is 10.2. The number of benzene rings is 2. The lowest BCUT2D eigenvalue weighted by Gasteiger charge is -2.37. The smallest absolute Gasteiger partial charge is 0.142 e. The van der Waals surface area contributed by atoms with Gasteiger partial charge in [0.25, 0.3) is 0 Å². The maximum Gasteiger partial charge on any atom is 0.142 e. The third-order valence-electron chi connectivity index (χ3n) is 4.57. The molecule has 0 saturated carbocycles. The molecule has 1 fully saturated rings. The van der Waals surface area contributed by atoms with Crippen LogP contribution in [0.15, 0.2) is 48.5 Å². The third-order valence-corrected chi connectivity index (χ3v) is 4.57. The summed E-state index contributed by atoms with van der Waals surface area (Å²) in [6.07, 6.45) is -0.533. The van der Waals surface area contributed by atoms with Crippen molar-refractivity contribution in [2.75, 3.05) is 57.1 Å². The number of anilines is 2. The summed E-state index contributed by atoms with van der Waals surface area (Å²) in [6, 6.07) is 15.3. The van der Waals surface area contributed by atoms with Crippen LogP contribution < -0.4 is 20.1 Å². The van der Waals surface area contributed by atoms with Crippen molar-refractivity contribution >= 4 is 48.6 Å². The number of nitrogens with zero attached hydrogens (tertiary/aromatic N) is 2. The van der Waals surface area contributed by atoms with Crippen molar-refractivity contribution in [1.29, 1.82) is 0 Å². The fourth-order valence-electron chi connectivity index (χ4n) is 3.21. The van der Waals surface area contributed by atoms with Crippen molar-refractivity contribution in [1.82, 2.24) is 4.90 Å². The number of piperazine rings is 1. The Labute approximate surface area is 191 Å². The number of nitrogens with two attached hydrogens (primary N) is 1. The molecule has 0 radical (unpaired) electrons. The molecule has 6 nitrogen and oxygen atoms in total. The number of methoxy groups -OCH3 is 1. The number of hydrogen-bond acceptors (Lipinski definition) is 6. The number of β-amino-alcohol motifs (C(OH)–C–C–N with tert-alkyl or cyclic N) is 1. The largest absolute Gasteiger partial charge is 0.495 e. The van der Waals surface area contributed by atoms with Crippen LogP contribution in [0.25, 0.3) is 0 Å². The molecule has 3 N–H and O–H groups in total. The molecule has 1 saturated heterocycles. The monoisotopic (exact) mass is 465 g/mol. The number of aliphatic hydroxyl groups is 1. The number of hydrogen-bond donors (Lipinski definition) is 2. The summed E-state index contributed by atoms with van der Waals surface area (Å²) in [5, 5.41) is 10.3. The van der Waals surface area contributed by atoms with Gasteiger partial charge in [0.05, 0.1) is 12.8 Å². The average Bonchev–Trinajstić information content (AvgIpc) is 2.67. The third kappa shape index (κ3) is 7.99. The second-order valence-corrected chi connectivity index (χ2v) is 6.50. The molecule has 29 heavy (non-hydrogen) atoms. The Morgan fingerprint density at radius 1 is 1.00 bits per heavy atom. The molecule has 1 unspecified atom stereocenters. The average molecular weight is 467 g/mol. The van der Waals surface area contributed by atoms with Gasteiger partial charge in [0.15, 0.2) is 0 Å². The number of aliphatic hydroxyl groups excluding tert-OH is 1. The predicted octanol–water partition coefficient (Wildman–Crippen LogP) is 3.10. The van der Waals surface area contributed by atoms with Crippen LogP contribution in [-0.4, -0.2) is 62.6 Å². The zero-order valence-corrected chi connectivity index (χ0v) is 18.8. The number of rotatable bonds is 7. The number of halogens is 3. The van der Waals surface area contributed by atoms with Gasteiger partial charge in [0.2, 0.25) is 0 Å². The number of para-hydroxylation sites is 2. The van der Waals surface area contributed by atoms with Gasteiger partial charge in [-0.3, -0.25) is 4.90 Å². The Balaban J connectivity index is 0.00000261. The fourth-order valence-corrected chi connectivity index (χ4v) is 3.21. The van der Waals surface area contributed by atoms with E-state index in [9.17, 15) is 5.11 Å². The normalized spacial score (nSPS) is 14.6. The Bertz CT molecular complexity index is 716. The van der Waals surface area contributed by atoms with Crippen LogP contribution in [0, 0.1) is 0 Å². The van der Waals surface area contributed by atoms with Crippen LogP contribution in [0.1, 0.15) is 0 Å². The first-order valence-corrected chi connectivity index (χ1v) is 8.92. The number of nitrogen functional groups attached to an aromatic ring is 1. The molecule has 2 aromatic carbocycles. The van der Waals surface area contributed by atoms with Crippen molar-refractivity contribution in [2.24, 2.45) is 0 Å². The second-order valence-electron chi connectivity index (χ2n) is 6.50. The molecule has 0 amide bonds. The van der Waals surface area contributed by atoms with E-state index in [1.54, 1.807) is 13.2 Å². The predicted molar refractivity (Wildman–Crippen MR) is 126 cm³/mol. The van der Waals surface area contributed by atoms with Crippen LogP contribution in [0.4, 0.5) is 11.4 Å². The first-order valence-electron chi connectivity index (χ1n) is 8.92. The van der Waals surface area contributed by atoms with Crippen LogP contribution in [-0.2, 0) is 0 Å². The van der Waals surface area contributed by atoms with Crippen molar-refractivity contribution in [3.63, 3.8) is 0 Å². The van der Waals surface area contributed by atoms with Gasteiger partial charge in [-0.2, -0.15) is 0 Å². The van der Waals surface area contributed by atoms with Gasteiger partial charge >= 0.3 is 0 Å². The van der Waals surface area contributed by atoms with Crippen molar-refractivity contribution < 1.29 is 14.6 Å². The molecule has 9 heteroatoms. The van der Waals surface area contributed by atoms with Gasteiger partial charge in [-0.1, -0.05) is 18.2 Å². The maximum atomic E-state index is 10.3. The van der Waals surface area contributed by atoms with Gasteiger partial charge in [0.1, 0.15) is 24.2 Å². The SMILES string of the molecule is COc1ccccc1N1CCN(CC(O)COc2cccc(N)c2)CC1.Cl.Cl.Cl. The van der Waals surface area contributed by atoms with E-state index in [0.717, 1.165) is 37.6 Å². The highest BCUT2D eigenvalue weighted by atomic mass is 35.5. The van der Waals surface area contributed by atoms with E-state index in [4.69, 9.17) is 15.2 Å². The molecule has 1 atom stereocenters. The highest BCUT2D eigenvalue weighted by molar-refractivity contribution is 5.86. The van der Waals surface area contributed by atoms with E-state index in [2.05, 4.69) is 15.9 Å². The molecular weight excluding hydrogens is 437 g/mol. The lowest BCUT2D eigenvalue weighted by Crippen LogP contribution is -2.49. The molecule has 0 spiro atoms. The molecule has 1 aliphatic heterocycles. The summed E-state index contributed by atoms with van der Waals surface area (Å²) < 4.78 is 11.1. The fraction of sp³-hybridized carbons (Fsp3) is 0.400. The van der Waals surface area contributed by atoms with E-state index in [1.807, 2.05) is 36.4 Å². The molecule has 1 heterocycles. The molecule has 1 aliphatic rings. The summed E-state index contributed by atoms with van der Waals surface area (Å²) in [5.74, 6) is 1.58. The Kier molecular flexibility index (Phi) is 12.9. The van der Waals surface area contributed by atoms with E-state index in [1.165, 1.54) is 0 Å². The standard InChI is InChI=1S/C20H27N3O3.3ClH/c1-25-20-8-3-2-7-19(20)23-11-9-22(10-12-23)14-17(24)15-26-18-6-4-5-16(21)13-18;;;/h2-8,13,17,24H,9-12,14-15,21H2,1H3;3*1H. The summed E-state index contributed by atoms with van der Waals surface area (Å²) >= 11 is 0. The molecule has 3 rings (SSSR count). The molecular formula is C20H30Cl3N3O3. The van der Waals surface area contributed by atoms with Crippen molar-refractivity contribution in [3.05, 3.63) is 48.5 Å². The minimum absolute atomic E-state index is 0. The van der Waals surface area contributed by atoms with Gasteiger partial charge in [-0.05, 0) is 24.3 Å². The first-order chi connectivity index (χ1) is 12.7. The van der Waals surface area contributed by atoms with E-state index in [-0.39, 0.29) is 43.8 Å². The zero-order chi connectivity index (χ0) is 18.4. The Hall–Kier alpha value is -1.57. The van der Waals surface area contributed by atoms with Crippen LogP contribution in [0.2, 0.25) is 0 Å². The topological polar surface area (TPSA) is 71.2 Å². The van der Waals surface area contributed by atoms with Crippen molar-refractivity contribution in [3.8, 4) is 11.5 Å². The molecule has 0 aliphatic carbocycles. The minimum Gasteiger partial charge on any atom is -0.495 e. The maximum absolute atomic E-state index is 10.3. The summed E-state index contributed by atoms with van der Waals surface area (Å²) in [4.78, 5) is 4.59. The Morgan fingerprint density at radius 3 is 2.34 bits per heavy atom. The zero-order valence-electron chi connectivity index (χ0n) is 16.4. The van der Waals surface area contributed by atoms with E-state index < -0.39 is 6.10 Å². The first kappa shape index (κ1) is 27.4. The van der Waals surface area contributed by atoms with Gasteiger partial charge in [-0.25, -0.2) is 0 Å². The molecule has 0 aromatic heterocycles. The van der Waals surface area contributed by atoms with Gasteiger partial charge in [-0.15, -0.1) is 37.2 Å². The Morgan fingerprint density at radius 2 is 1.69 bits per heavy atom. The van der Waals surface area contributed by atoms with Crippen LogP contribution in [0.3, 0.4) is 0 Å². The second kappa shape index (κ2) is 13.6. The highest BCUT2D eigenvalue weighted by Gasteiger charge is 2.21. The van der Waals surface area contributed by atoms with E-state index >= 15 is 0 Å². The van der Waals surface area contributed by atoms with Crippen LogP contribution in [0.5, 0.6) is 11.5 Å². The summed E-state index contributed by atoms with van der Waals surface area (Å²) in [5.41, 5.74) is 7.51. The lowest BCUT2D eigenvalue weighted by molar-refractivity contribution is 0.0663. The summed E-state index contributed by atoms with van der Waals surface area (Å²) in [6.45, 7) is 4.46. The minimum atomic E-state index is -0.533. The molecule has 164 valence electrons. The van der Waals surface area contributed by atoms with E-state index in [0.29, 0.717) is 18.0 Å². The van der Waals surface area contributed by atoms with Gasteiger partial charge < -0.3 is 25.2 Å².